The standard InChI is InChI=1S/C17H31N3O3.C8H10O/c1-16(2,3)13(14(22)17(4,5)6)19-15(23)18-12-7-9-20(11-21)10-8-12;1-9-7-8-5-3-2-4-6-8/h11-13H,7-10H2,1-6H3,(H2,18,19,23);2-6H,7H2,1H3. The van der Waals surface area contributed by atoms with Crippen molar-refractivity contribution in [2.24, 2.45) is 10.8 Å². The SMILES string of the molecule is CC(C)(C)C(=O)C(NC(=O)NC1CCN(C=O)CC1)C(C)(C)C.COCc1ccccc1. The van der Waals surface area contributed by atoms with Crippen LogP contribution >= 0.6 is 0 Å². The molecule has 1 aliphatic rings. The number of nitrogens with zero attached hydrogens (tertiary/aromatic N) is 1. The number of ketones is 1. The van der Waals surface area contributed by atoms with Crippen LogP contribution in [0.15, 0.2) is 30.3 Å². The van der Waals surface area contributed by atoms with E-state index in [1.165, 1.54) is 5.56 Å². The van der Waals surface area contributed by atoms with E-state index in [2.05, 4.69) is 10.6 Å². The third kappa shape index (κ3) is 9.81. The van der Waals surface area contributed by atoms with Gasteiger partial charge in [-0.3, -0.25) is 9.59 Å². The van der Waals surface area contributed by atoms with Gasteiger partial charge in [0, 0.05) is 31.7 Å². The van der Waals surface area contributed by atoms with Crippen molar-refractivity contribution in [2.75, 3.05) is 20.2 Å². The van der Waals surface area contributed by atoms with Gasteiger partial charge in [-0.15, -0.1) is 0 Å². The highest BCUT2D eigenvalue weighted by molar-refractivity contribution is 5.92. The van der Waals surface area contributed by atoms with Crippen LogP contribution in [0.3, 0.4) is 0 Å². The summed E-state index contributed by atoms with van der Waals surface area (Å²) in [6.07, 6.45) is 2.31. The molecule has 3 amide bonds. The molecule has 1 heterocycles. The number of piperidine rings is 1. The van der Waals surface area contributed by atoms with Gasteiger partial charge in [-0.2, -0.15) is 0 Å². The summed E-state index contributed by atoms with van der Waals surface area (Å²) in [6, 6.07) is 9.29. The lowest BCUT2D eigenvalue weighted by Crippen LogP contribution is -2.57. The van der Waals surface area contributed by atoms with Crippen LogP contribution in [0.4, 0.5) is 4.79 Å². The number of hydrogen-bond donors (Lipinski definition) is 2. The third-order valence-electron chi connectivity index (χ3n) is 5.31. The first-order valence-corrected chi connectivity index (χ1v) is 11.2. The number of benzene rings is 1. The molecule has 0 bridgehead atoms. The van der Waals surface area contributed by atoms with E-state index in [1.54, 1.807) is 12.0 Å². The molecule has 1 aromatic rings. The zero-order valence-corrected chi connectivity index (χ0v) is 20.7. The Kier molecular flexibility index (Phi) is 10.9. The number of urea groups is 1. The van der Waals surface area contributed by atoms with E-state index in [0.29, 0.717) is 19.7 Å². The van der Waals surface area contributed by atoms with Crippen molar-refractivity contribution in [3.8, 4) is 0 Å². The highest BCUT2D eigenvalue weighted by Gasteiger charge is 2.38. The van der Waals surface area contributed by atoms with Crippen LogP contribution in [0, 0.1) is 10.8 Å². The summed E-state index contributed by atoms with van der Waals surface area (Å²) >= 11 is 0. The van der Waals surface area contributed by atoms with E-state index in [9.17, 15) is 14.4 Å². The van der Waals surface area contributed by atoms with Crippen molar-refractivity contribution in [3.63, 3.8) is 0 Å². The number of Topliss-reactive ketones (excluding diaryl/α,β-unsaturated/α-hetero) is 1. The van der Waals surface area contributed by atoms with Crippen LogP contribution in [0.25, 0.3) is 0 Å². The Labute approximate surface area is 193 Å². The van der Waals surface area contributed by atoms with E-state index in [0.717, 1.165) is 19.3 Å². The Balaban J connectivity index is 0.000000471. The molecule has 7 nitrogen and oxygen atoms in total. The summed E-state index contributed by atoms with van der Waals surface area (Å²) in [5, 5.41) is 5.78. The maximum Gasteiger partial charge on any atom is 0.315 e. The maximum atomic E-state index is 12.6. The second-order valence-corrected chi connectivity index (χ2v) is 10.4. The van der Waals surface area contributed by atoms with E-state index in [-0.39, 0.29) is 23.3 Å². The molecule has 0 aromatic heterocycles. The predicted molar refractivity (Wildman–Crippen MR) is 127 cm³/mol. The number of hydrogen-bond acceptors (Lipinski definition) is 4. The molecular weight excluding hydrogens is 406 g/mol. The molecule has 32 heavy (non-hydrogen) atoms. The van der Waals surface area contributed by atoms with Gasteiger partial charge in [-0.1, -0.05) is 71.9 Å². The highest BCUT2D eigenvalue weighted by atomic mass is 16.5. The Morgan fingerprint density at radius 1 is 1.09 bits per heavy atom. The average Bonchev–Trinajstić information content (AvgIpc) is 2.72. The predicted octanol–water partition coefficient (Wildman–Crippen LogP) is 3.77. The first kappa shape index (κ1) is 27.6. The topological polar surface area (TPSA) is 87.7 Å². The highest BCUT2D eigenvalue weighted by Crippen LogP contribution is 2.27. The summed E-state index contributed by atoms with van der Waals surface area (Å²) < 4.78 is 4.93. The number of carbonyl (C=O) groups is 3. The number of carbonyl (C=O) groups excluding carboxylic acids is 3. The normalized spacial score (nSPS) is 15.8. The van der Waals surface area contributed by atoms with Crippen LogP contribution in [0.2, 0.25) is 0 Å². The Bertz CT molecular complexity index is 715. The summed E-state index contributed by atoms with van der Waals surface area (Å²) in [4.78, 5) is 37.3. The number of methoxy groups -OCH3 is 1. The average molecular weight is 448 g/mol. The molecule has 1 unspecified atom stereocenters. The molecule has 1 fully saturated rings. The smallest absolute Gasteiger partial charge is 0.315 e. The Hall–Kier alpha value is -2.41. The molecule has 2 N–H and O–H groups in total. The molecule has 0 radical (unpaired) electrons. The minimum atomic E-state index is -0.544. The van der Waals surface area contributed by atoms with E-state index in [4.69, 9.17) is 4.74 Å². The number of likely N-dealkylation sites (tertiary alicyclic amines) is 1. The quantitative estimate of drug-likeness (QED) is 0.650. The van der Waals surface area contributed by atoms with Gasteiger partial charge in [0.1, 0.15) is 0 Å². The molecule has 2 rings (SSSR count). The zero-order chi connectivity index (χ0) is 24.4. The minimum absolute atomic E-state index is 0.0240. The molecule has 1 aliphatic heterocycles. The molecule has 7 heteroatoms. The van der Waals surface area contributed by atoms with Crippen LogP contribution < -0.4 is 10.6 Å². The summed E-state index contributed by atoms with van der Waals surface area (Å²) in [5.74, 6) is 0.0240. The van der Waals surface area contributed by atoms with E-state index < -0.39 is 11.5 Å². The lowest BCUT2D eigenvalue weighted by Gasteiger charge is -2.35. The molecule has 180 valence electrons. The minimum Gasteiger partial charge on any atom is -0.380 e. The Morgan fingerprint density at radius 3 is 2.09 bits per heavy atom. The van der Waals surface area contributed by atoms with Gasteiger partial charge in [0.05, 0.1) is 12.6 Å². The van der Waals surface area contributed by atoms with Crippen LogP contribution in [0.5, 0.6) is 0 Å². The zero-order valence-electron chi connectivity index (χ0n) is 20.7. The van der Waals surface area contributed by atoms with Gasteiger partial charge in [-0.25, -0.2) is 4.79 Å². The fourth-order valence-electron chi connectivity index (χ4n) is 3.36. The maximum absolute atomic E-state index is 12.6. The van der Waals surface area contributed by atoms with Crippen molar-refractivity contribution in [1.29, 1.82) is 0 Å². The monoisotopic (exact) mass is 447 g/mol. The largest absolute Gasteiger partial charge is 0.380 e. The molecular formula is C25H41N3O4. The summed E-state index contributed by atoms with van der Waals surface area (Å²) in [5.41, 5.74) is 0.350. The van der Waals surface area contributed by atoms with Crippen molar-refractivity contribution in [3.05, 3.63) is 35.9 Å². The molecule has 0 saturated carbocycles. The molecule has 0 spiro atoms. The second-order valence-electron chi connectivity index (χ2n) is 10.4. The van der Waals surface area contributed by atoms with Crippen LogP contribution in [-0.2, 0) is 20.9 Å². The van der Waals surface area contributed by atoms with E-state index >= 15 is 0 Å². The van der Waals surface area contributed by atoms with Gasteiger partial charge in [0.25, 0.3) is 0 Å². The third-order valence-corrected chi connectivity index (χ3v) is 5.31. The summed E-state index contributed by atoms with van der Waals surface area (Å²) in [6.45, 7) is 13.4. The fourth-order valence-corrected chi connectivity index (χ4v) is 3.36. The first-order valence-electron chi connectivity index (χ1n) is 11.2. The van der Waals surface area contributed by atoms with E-state index in [1.807, 2.05) is 71.9 Å². The van der Waals surface area contributed by atoms with Crippen molar-refractivity contribution >= 4 is 18.2 Å². The van der Waals surface area contributed by atoms with Crippen molar-refractivity contribution < 1.29 is 19.1 Å². The number of rotatable bonds is 6. The first-order chi connectivity index (χ1) is 14.9. The lowest BCUT2D eigenvalue weighted by atomic mass is 9.76. The lowest BCUT2D eigenvalue weighted by molar-refractivity contribution is -0.130. The van der Waals surface area contributed by atoms with Gasteiger partial charge < -0.3 is 20.3 Å². The number of ether oxygens (including phenoxy) is 1. The second kappa shape index (κ2) is 12.6. The van der Waals surface area contributed by atoms with Crippen molar-refractivity contribution in [1.82, 2.24) is 15.5 Å². The molecule has 1 atom stereocenters. The van der Waals surface area contributed by atoms with Gasteiger partial charge in [-0.05, 0) is 23.8 Å². The van der Waals surface area contributed by atoms with Crippen molar-refractivity contribution in [2.45, 2.75) is 73.1 Å². The molecule has 0 aliphatic carbocycles. The number of amides is 3. The van der Waals surface area contributed by atoms with Gasteiger partial charge in [0.2, 0.25) is 6.41 Å². The molecule has 1 saturated heterocycles. The Morgan fingerprint density at radius 2 is 1.66 bits per heavy atom. The summed E-state index contributed by atoms with van der Waals surface area (Å²) in [7, 11) is 1.70. The molecule has 1 aromatic carbocycles. The van der Waals surface area contributed by atoms with Crippen LogP contribution in [-0.4, -0.2) is 55.4 Å². The number of nitrogens with one attached hydrogen (secondary N) is 2. The fraction of sp³-hybridized carbons (Fsp3) is 0.640. The van der Waals surface area contributed by atoms with Gasteiger partial charge >= 0.3 is 6.03 Å². The van der Waals surface area contributed by atoms with Crippen LogP contribution in [0.1, 0.15) is 59.9 Å². The van der Waals surface area contributed by atoms with Gasteiger partial charge in [0.15, 0.2) is 5.78 Å².